The van der Waals surface area contributed by atoms with Gasteiger partial charge in [0.2, 0.25) is 0 Å². The Hall–Kier alpha value is -1.77. The maximum atomic E-state index is 11.5. The van der Waals surface area contributed by atoms with Crippen molar-refractivity contribution >= 4 is 5.78 Å². The second-order valence-electron chi connectivity index (χ2n) is 4.14. The molecule has 1 aromatic rings. The lowest BCUT2D eigenvalue weighted by atomic mass is 9.85. The van der Waals surface area contributed by atoms with E-state index in [0.717, 1.165) is 17.7 Å². The molecule has 1 atom stereocenters. The van der Waals surface area contributed by atoms with E-state index in [-0.39, 0.29) is 5.78 Å². The largest absolute Gasteiger partial charge is 0.497 e. The molecule has 1 aliphatic rings. The van der Waals surface area contributed by atoms with Gasteiger partial charge in [-0.25, -0.2) is 0 Å². The zero-order valence-corrected chi connectivity index (χ0v) is 10.1. The normalized spacial score (nSPS) is 23.3. The number of hydrogen-bond acceptors (Lipinski definition) is 3. The molecular weight excluding hydrogens is 216 g/mol. The quantitative estimate of drug-likeness (QED) is 0.803. The van der Waals surface area contributed by atoms with Crippen LogP contribution in [0.2, 0.25) is 0 Å². The molecule has 90 valence electrons. The minimum Gasteiger partial charge on any atom is -0.497 e. The van der Waals surface area contributed by atoms with Crippen LogP contribution in [0.4, 0.5) is 0 Å². The summed E-state index contributed by atoms with van der Waals surface area (Å²) in [6.07, 6.45) is 4.14. The summed E-state index contributed by atoms with van der Waals surface area (Å²) in [4.78, 5) is 11.5. The van der Waals surface area contributed by atoms with E-state index in [1.54, 1.807) is 7.11 Å². The van der Waals surface area contributed by atoms with Gasteiger partial charge < -0.3 is 9.47 Å². The smallest absolute Gasteiger partial charge is 0.163 e. The zero-order chi connectivity index (χ0) is 12.3. The topological polar surface area (TPSA) is 35.5 Å². The maximum absolute atomic E-state index is 11.5. The summed E-state index contributed by atoms with van der Waals surface area (Å²) in [5.74, 6) is 0.909. The standard InChI is InChI=1S/C14H16O3/c1-3-14(10-12(15)8-9-17-14)11-4-6-13(16-2)7-5-11/h4-9H,3,10H2,1-2H3. The average molecular weight is 232 g/mol. The van der Waals surface area contributed by atoms with Gasteiger partial charge in [-0.05, 0) is 24.1 Å². The van der Waals surface area contributed by atoms with Crippen molar-refractivity contribution in [2.75, 3.05) is 7.11 Å². The number of benzene rings is 1. The molecule has 1 heterocycles. The van der Waals surface area contributed by atoms with Crippen molar-refractivity contribution < 1.29 is 14.3 Å². The van der Waals surface area contributed by atoms with E-state index < -0.39 is 5.60 Å². The third-order valence-corrected chi connectivity index (χ3v) is 3.19. The van der Waals surface area contributed by atoms with Crippen molar-refractivity contribution in [3.63, 3.8) is 0 Å². The number of allylic oxidation sites excluding steroid dienone is 1. The van der Waals surface area contributed by atoms with Gasteiger partial charge in [0.15, 0.2) is 5.78 Å². The second kappa shape index (κ2) is 4.62. The number of ketones is 1. The number of carbonyl (C=O) groups is 1. The van der Waals surface area contributed by atoms with Crippen LogP contribution in [-0.2, 0) is 15.1 Å². The van der Waals surface area contributed by atoms with Crippen LogP contribution >= 0.6 is 0 Å². The lowest BCUT2D eigenvalue weighted by Crippen LogP contribution is -2.32. The van der Waals surface area contributed by atoms with Crippen LogP contribution in [0.1, 0.15) is 25.3 Å². The molecule has 17 heavy (non-hydrogen) atoms. The zero-order valence-electron chi connectivity index (χ0n) is 10.1. The molecule has 0 saturated heterocycles. The van der Waals surface area contributed by atoms with Crippen molar-refractivity contribution in [2.45, 2.75) is 25.4 Å². The first-order chi connectivity index (χ1) is 8.20. The summed E-state index contributed by atoms with van der Waals surface area (Å²) in [5, 5.41) is 0. The van der Waals surface area contributed by atoms with Gasteiger partial charge in [-0.2, -0.15) is 0 Å². The van der Waals surface area contributed by atoms with E-state index in [9.17, 15) is 4.79 Å². The summed E-state index contributed by atoms with van der Waals surface area (Å²) >= 11 is 0. The number of hydrogen-bond donors (Lipinski definition) is 0. The molecule has 0 aliphatic carbocycles. The van der Waals surface area contributed by atoms with Crippen molar-refractivity contribution in [1.82, 2.24) is 0 Å². The summed E-state index contributed by atoms with van der Waals surface area (Å²) < 4.78 is 10.8. The second-order valence-corrected chi connectivity index (χ2v) is 4.14. The lowest BCUT2D eigenvalue weighted by Gasteiger charge is -2.34. The van der Waals surface area contributed by atoms with E-state index in [2.05, 4.69) is 0 Å². The van der Waals surface area contributed by atoms with Crippen molar-refractivity contribution in [3.8, 4) is 5.75 Å². The van der Waals surface area contributed by atoms with E-state index in [1.165, 1.54) is 12.3 Å². The van der Waals surface area contributed by atoms with E-state index >= 15 is 0 Å². The maximum Gasteiger partial charge on any atom is 0.163 e. The number of rotatable bonds is 3. The van der Waals surface area contributed by atoms with Crippen LogP contribution in [0, 0.1) is 0 Å². The Morgan fingerprint density at radius 3 is 2.59 bits per heavy atom. The highest BCUT2D eigenvalue weighted by Crippen LogP contribution is 2.36. The first kappa shape index (κ1) is 11.7. The molecule has 0 saturated carbocycles. The minimum atomic E-state index is -0.516. The molecule has 1 unspecified atom stereocenters. The van der Waals surface area contributed by atoms with Crippen LogP contribution in [0.25, 0.3) is 0 Å². The Morgan fingerprint density at radius 1 is 1.35 bits per heavy atom. The van der Waals surface area contributed by atoms with Gasteiger partial charge in [0, 0.05) is 6.08 Å². The highest BCUT2D eigenvalue weighted by molar-refractivity contribution is 5.91. The lowest BCUT2D eigenvalue weighted by molar-refractivity contribution is -0.123. The van der Waals surface area contributed by atoms with Gasteiger partial charge in [-0.3, -0.25) is 4.79 Å². The van der Waals surface area contributed by atoms with Crippen molar-refractivity contribution in [3.05, 3.63) is 42.2 Å². The van der Waals surface area contributed by atoms with E-state index in [0.29, 0.717) is 6.42 Å². The molecule has 0 amide bonds. The first-order valence-electron chi connectivity index (χ1n) is 5.72. The van der Waals surface area contributed by atoms with Crippen LogP contribution in [0.3, 0.4) is 0 Å². The number of methoxy groups -OCH3 is 1. The third-order valence-electron chi connectivity index (χ3n) is 3.19. The van der Waals surface area contributed by atoms with Gasteiger partial charge >= 0.3 is 0 Å². The molecule has 0 bridgehead atoms. The van der Waals surface area contributed by atoms with E-state index in [4.69, 9.17) is 9.47 Å². The molecule has 0 aromatic heterocycles. The predicted octanol–water partition coefficient (Wildman–Crippen LogP) is 2.80. The number of carbonyl (C=O) groups excluding carboxylic acids is 1. The third kappa shape index (κ3) is 2.18. The minimum absolute atomic E-state index is 0.105. The van der Waals surface area contributed by atoms with Gasteiger partial charge in [-0.1, -0.05) is 19.1 Å². The SMILES string of the molecule is CCC1(c2ccc(OC)cc2)CC(=O)C=CO1. The Balaban J connectivity index is 2.34. The molecule has 0 fully saturated rings. The molecular formula is C14H16O3. The van der Waals surface area contributed by atoms with Crippen LogP contribution < -0.4 is 4.74 Å². The monoisotopic (exact) mass is 232 g/mol. The average Bonchev–Trinajstić information content (AvgIpc) is 2.38. The molecule has 1 aromatic carbocycles. The highest BCUT2D eigenvalue weighted by atomic mass is 16.5. The van der Waals surface area contributed by atoms with Crippen LogP contribution in [-0.4, -0.2) is 12.9 Å². The van der Waals surface area contributed by atoms with Crippen molar-refractivity contribution in [1.29, 1.82) is 0 Å². The summed E-state index contributed by atoms with van der Waals surface area (Å²) in [5.41, 5.74) is 0.497. The fraction of sp³-hybridized carbons (Fsp3) is 0.357. The summed E-state index contributed by atoms with van der Waals surface area (Å²) in [6.45, 7) is 2.02. The molecule has 1 aliphatic heterocycles. The van der Waals surface area contributed by atoms with Gasteiger partial charge in [0.05, 0.1) is 19.8 Å². The Bertz CT molecular complexity index is 433. The predicted molar refractivity (Wildman–Crippen MR) is 64.8 cm³/mol. The van der Waals surface area contributed by atoms with Gasteiger partial charge in [0.25, 0.3) is 0 Å². The van der Waals surface area contributed by atoms with Crippen LogP contribution in [0.5, 0.6) is 5.75 Å². The molecule has 3 heteroatoms. The molecule has 3 nitrogen and oxygen atoms in total. The molecule has 0 radical (unpaired) electrons. The summed E-state index contributed by atoms with van der Waals surface area (Å²) in [6, 6.07) is 7.68. The van der Waals surface area contributed by atoms with Gasteiger partial charge in [-0.15, -0.1) is 0 Å². The fourth-order valence-corrected chi connectivity index (χ4v) is 2.10. The van der Waals surface area contributed by atoms with Crippen LogP contribution in [0.15, 0.2) is 36.6 Å². The van der Waals surface area contributed by atoms with E-state index in [1.807, 2.05) is 31.2 Å². The Labute approximate surface area is 101 Å². The molecule has 0 spiro atoms. The number of ether oxygens (including phenoxy) is 2. The molecule has 2 rings (SSSR count). The highest BCUT2D eigenvalue weighted by Gasteiger charge is 2.35. The van der Waals surface area contributed by atoms with Crippen molar-refractivity contribution in [2.24, 2.45) is 0 Å². The first-order valence-corrected chi connectivity index (χ1v) is 5.72. The molecule has 0 N–H and O–H groups in total. The Kier molecular flexibility index (Phi) is 3.18. The van der Waals surface area contributed by atoms with Gasteiger partial charge in [0.1, 0.15) is 11.4 Å². The fourth-order valence-electron chi connectivity index (χ4n) is 2.10. The Morgan fingerprint density at radius 2 is 2.06 bits per heavy atom. The summed E-state index contributed by atoms with van der Waals surface area (Å²) in [7, 11) is 1.63.